The first-order valence-electron chi connectivity index (χ1n) is 10.5. The van der Waals surface area contributed by atoms with E-state index in [1.165, 1.54) is 5.56 Å². The number of piperazine rings is 1. The smallest absolute Gasteiger partial charge is 0.193 e. The fourth-order valence-corrected chi connectivity index (χ4v) is 3.60. The first kappa shape index (κ1) is 21.9. The molecule has 0 saturated carbocycles. The minimum absolute atomic E-state index is 0.384. The second kappa shape index (κ2) is 11.4. The zero-order valence-electron chi connectivity index (χ0n) is 18.0. The lowest BCUT2D eigenvalue weighted by Crippen LogP contribution is -2.46. The first-order chi connectivity index (χ1) is 14.7. The Hall–Kier alpha value is -2.77. The van der Waals surface area contributed by atoms with Crippen LogP contribution < -0.4 is 20.5 Å². The van der Waals surface area contributed by atoms with Crippen molar-refractivity contribution < 1.29 is 9.47 Å². The summed E-state index contributed by atoms with van der Waals surface area (Å²) in [6.07, 6.45) is 0.982. The highest BCUT2D eigenvalue weighted by Crippen LogP contribution is 2.28. The third-order valence-corrected chi connectivity index (χ3v) is 5.30. The normalized spacial score (nSPS) is 15.7. The van der Waals surface area contributed by atoms with E-state index in [1.807, 2.05) is 18.2 Å². The lowest BCUT2D eigenvalue weighted by Gasteiger charge is -2.34. The summed E-state index contributed by atoms with van der Waals surface area (Å²) in [5.74, 6) is 1.81. The molecule has 7 heteroatoms. The van der Waals surface area contributed by atoms with Gasteiger partial charge in [-0.15, -0.1) is 0 Å². The van der Waals surface area contributed by atoms with Crippen LogP contribution in [0.3, 0.4) is 0 Å². The summed E-state index contributed by atoms with van der Waals surface area (Å²) < 4.78 is 10.6. The zero-order chi connectivity index (χ0) is 21.2. The fraction of sp³-hybridized carbons (Fsp3) is 0.435. The van der Waals surface area contributed by atoms with Crippen molar-refractivity contribution in [2.75, 3.05) is 58.8 Å². The van der Waals surface area contributed by atoms with E-state index in [9.17, 15) is 0 Å². The van der Waals surface area contributed by atoms with Crippen molar-refractivity contribution in [2.45, 2.75) is 13.0 Å². The van der Waals surface area contributed by atoms with Crippen molar-refractivity contribution in [3.63, 3.8) is 0 Å². The van der Waals surface area contributed by atoms with Gasteiger partial charge in [-0.3, -0.25) is 9.89 Å². The third kappa shape index (κ3) is 6.64. The lowest BCUT2D eigenvalue weighted by atomic mass is 10.2. The van der Waals surface area contributed by atoms with Gasteiger partial charge in [-0.25, -0.2) is 0 Å². The number of methoxy groups -OCH3 is 2. The van der Waals surface area contributed by atoms with Crippen LogP contribution in [0.5, 0.6) is 11.5 Å². The number of benzene rings is 2. The summed E-state index contributed by atoms with van der Waals surface area (Å²) in [7, 11) is 3.25. The Kier molecular flexibility index (Phi) is 8.35. The van der Waals surface area contributed by atoms with Gasteiger partial charge >= 0.3 is 0 Å². The molecule has 0 aliphatic carbocycles. The number of hydrogen-bond donors (Lipinski definition) is 2. The van der Waals surface area contributed by atoms with Crippen LogP contribution in [-0.4, -0.2) is 69.2 Å². The van der Waals surface area contributed by atoms with E-state index in [4.69, 9.17) is 15.2 Å². The SMILES string of the molecule is COc1ccc(OC)c(NC(N)=NCCCN2CCN(Cc3ccccc3)CC2)c1. The second-order valence-electron chi connectivity index (χ2n) is 7.42. The number of anilines is 1. The maximum absolute atomic E-state index is 6.05. The molecule has 0 bridgehead atoms. The quantitative estimate of drug-likeness (QED) is 0.375. The summed E-state index contributed by atoms with van der Waals surface area (Å²) in [4.78, 5) is 9.48. The molecule has 3 N–H and O–H groups in total. The Morgan fingerprint density at radius 3 is 2.43 bits per heavy atom. The molecule has 2 aromatic rings. The molecule has 162 valence electrons. The van der Waals surface area contributed by atoms with Gasteiger partial charge in [0.2, 0.25) is 0 Å². The number of aliphatic imine (C=N–C) groups is 1. The molecule has 3 rings (SSSR count). The molecule has 1 heterocycles. The predicted octanol–water partition coefficient (Wildman–Crippen LogP) is 2.64. The minimum atomic E-state index is 0.384. The summed E-state index contributed by atoms with van der Waals surface area (Å²) in [5, 5.41) is 3.11. The third-order valence-electron chi connectivity index (χ3n) is 5.30. The Balaban J connectivity index is 1.37. The molecule has 7 nitrogen and oxygen atoms in total. The standard InChI is InChI=1S/C23H33N5O2/c1-29-20-9-10-22(30-2)21(17-20)26-23(24)25-11-6-12-27-13-15-28(16-14-27)18-19-7-4-3-5-8-19/h3-5,7-10,17H,6,11-16,18H2,1-2H3,(H3,24,25,26). The van der Waals surface area contributed by atoms with Gasteiger partial charge in [0.1, 0.15) is 11.5 Å². The van der Waals surface area contributed by atoms with Crippen molar-refractivity contribution in [3.8, 4) is 11.5 Å². The van der Waals surface area contributed by atoms with E-state index in [0.717, 1.165) is 57.1 Å². The number of nitrogens with zero attached hydrogens (tertiary/aromatic N) is 3. The molecular weight excluding hydrogens is 378 g/mol. The minimum Gasteiger partial charge on any atom is -0.497 e. The molecule has 30 heavy (non-hydrogen) atoms. The lowest BCUT2D eigenvalue weighted by molar-refractivity contribution is 0.127. The summed E-state index contributed by atoms with van der Waals surface area (Å²) in [6, 6.07) is 16.2. The number of rotatable bonds is 9. The summed E-state index contributed by atoms with van der Waals surface area (Å²) in [6.45, 7) is 7.19. The molecule has 1 aliphatic rings. The highest BCUT2D eigenvalue weighted by atomic mass is 16.5. The second-order valence-corrected chi connectivity index (χ2v) is 7.42. The average Bonchev–Trinajstić information content (AvgIpc) is 2.78. The molecule has 0 atom stereocenters. The molecule has 1 fully saturated rings. The van der Waals surface area contributed by atoms with E-state index in [-0.39, 0.29) is 0 Å². The van der Waals surface area contributed by atoms with Crippen LogP contribution in [0.2, 0.25) is 0 Å². The van der Waals surface area contributed by atoms with E-state index < -0.39 is 0 Å². The van der Waals surface area contributed by atoms with Gasteiger partial charge in [0.15, 0.2) is 5.96 Å². The van der Waals surface area contributed by atoms with Crippen molar-refractivity contribution in [1.29, 1.82) is 0 Å². The van der Waals surface area contributed by atoms with Crippen LogP contribution in [0.1, 0.15) is 12.0 Å². The van der Waals surface area contributed by atoms with E-state index in [2.05, 4.69) is 50.4 Å². The highest BCUT2D eigenvalue weighted by molar-refractivity contribution is 5.94. The fourth-order valence-electron chi connectivity index (χ4n) is 3.60. The van der Waals surface area contributed by atoms with Crippen molar-refractivity contribution in [3.05, 3.63) is 54.1 Å². The van der Waals surface area contributed by atoms with Gasteiger partial charge < -0.3 is 25.4 Å². The van der Waals surface area contributed by atoms with Gasteiger partial charge in [0.25, 0.3) is 0 Å². The molecule has 1 saturated heterocycles. The van der Waals surface area contributed by atoms with Gasteiger partial charge in [-0.2, -0.15) is 0 Å². The van der Waals surface area contributed by atoms with Gasteiger partial charge in [0.05, 0.1) is 19.9 Å². The van der Waals surface area contributed by atoms with Gasteiger partial charge in [-0.05, 0) is 24.1 Å². The topological polar surface area (TPSA) is 75.3 Å². The number of hydrogen-bond acceptors (Lipinski definition) is 5. The monoisotopic (exact) mass is 411 g/mol. The molecule has 2 aromatic carbocycles. The molecule has 0 aromatic heterocycles. The molecule has 1 aliphatic heterocycles. The largest absolute Gasteiger partial charge is 0.497 e. The molecular formula is C23H33N5O2. The Morgan fingerprint density at radius 1 is 1.00 bits per heavy atom. The molecule has 0 radical (unpaired) electrons. The Labute approximate surface area is 179 Å². The van der Waals surface area contributed by atoms with Crippen molar-refractivity contribution in [1.82, 2.24) is 9.80 Å². The van der Waals surface area contributed by atoms with Crippen LogP contribution in [0, 0.1) is 0 Å². The highest BCUT2D eigenvalue weighted by Gasteiger charge is 2.16. The Morgan fingerprint density at radius 2 is 1.73 bits per heavy atom. The number of ether oxygens (including phenoxy) is 2. The maximum atomic E-state index is 6.05. The van der Waals surface area contributed by atoms with E-state index in [0.29, 0.717) is 18.3 Å². The Bertz CT molecular complexity index is 804. The van der Waals surface area contributed by atoms with E-state index in [1.54, 1.807) is 14.2 Å². The van der Waals surface area contributed by atoms with Crippen molar-refractivity contribution in [2.24, 2.45) is 10.7 Å². The summed E-state index contributed by atoms with van der Waals surface area (Å²) in [5.41, 5.74) is 8.18. The van der Waals surface area contributed by atoms with Crippen LogP contribution >= 0.6 is 0 Å². The first-order valence-corrected chi connectivity index (χ1v) is 10.5. The zero-order valence-corrected chi connectivity index (χ0v) is 18.0. The predicted molar refractivity (Wildman–Crippen MR) is 122 cm³/mol. The molecule has 0 amide bonds. The van der Waals surface area contributed by atoms with Crippen LogP contribution in [0.4, 0.5) is 5.69 Å². The van der Waals surface area contributed by atoms with Gasteiger partial charge in [-0.1, -0.05) is 30.3 Å². The molecule has 0 unspecified atom stereocenters. The van der Waals surface area contributed by atoms with Crippen LogP contribution in [0.25, 0.3) is 0 Å². The number of nitrogens with two attached hydrogens (primary N) is 1. The molecule has 0 spiro atoms. The number of nitrogens with one attached hydrogen (secondary N) is 1. The van der Waals surface area contributed by atoms with Crippen molar-refractivity contribution >= 4 is 11.6 Å². The van der Waals surface area contributed by atoms with Crippen LogP contribution in [-0.2, 0) is 6.54 Å². The summed E-state index contributed by atoms with van der Waals surface area (Å²) >= 11 is 0. The average molecular weight is 412 g/mol. The maximum Gasteiger partial charge on any atom is 0.193 e. The van der Waals surface area contributed by atoms with E-state index >= 15 is 0 Å². The van der Waals surface area contributed by atoms with Gasteiger partial charge in [0, 0.05) is 51.9 Å². The van der Waals surface area contributed by atoms with Crippen LogP contribution in [0.15, 0.2) is 53.5 Å². The number of guanidine groups is 1.